The summed E-state index contributed by atoms with van der Waals surface area (Å²) in [6.07, 6.45) is -2.84. The van der Waals surface area contributed by atoms with Gasteiger partial charge in [0.1, 0.15) is 23.7 Å². The number of benzene rings is 3. The maximum absolute atomic E-state index is 14.1. The molecule has 0 aliphatic carbocycles. The van der Waals surface area contributed by atoms with Crippen LogP contribution in [0.5, 0.6) is 11.5 Å². The van der Waals surface area contributed by atoms with Crippen molar-refractivity contribution < 1.29 is 50.1 Å². The van der Waals surface area contributed by atoms with Gasteiger partial charge in [-0.25, -0.2) is 10.4 Å². The number of aromatic amines is 1. The molecule has 0 radical (unpaired) electrons. The Morgan fingerprint density at radius 1 is 0.907 bits per heavy atom. The zero-order chi connectivity index (χ0) is 30.3. The number of hydrogen-bond donors (Lipinski definition) is 9. The van der Waals surface area contributed by atoms with Crippen molar-refractivity contribution in [1.29, 1.82) is 0 Å². The largest absolute Gasteiger partial charge is 0.508 e. The number of H-pyrrole nitrogens is 1. The molecule has 0 saturated carbocycles. The van der Waals surface area contributed by atoms with Gasteiger partial charge in [0.2, 0.25) is 0 Å². The fourth-order valence-electron chi connectivity index (χ4n) is 6.05. The smallest absolute Gasteiger partial charge is 0.276 e. The van der Waals surface area contributed by atoms with Crippen LogP contribution >= 0.6 is 0 Å². The number of amides is 2. The molecule has 0 bridgehead atoms. The van der Waals surface area contributed by atoms with Crippen LogP contribution in [0, 0.1) is 0 Å². The average Bonchev–Trinajstić information content (AvgIpc) is 3.60. The molecule has 14 heteroatoms. The Bertz CT molecular complexity index is 2020. The lowest BCUT2D eigenvalue weighted by Gasteiger charge is -2.31. The molecule has 43 heavy (non-hydrogen) atoms. The molecule has 7 rings (SSSR count). The van der Waals surface area contributed by atoms with Crippen LogP contribution in [0.2, 0.25) is 0 Å². The average molecular weight is 591 g/mol. The molecule has 0 saturated heterocycles. The van der Waals surface area contributed by atoms with Gasteiger partial charge in [-0.2, -0.15) is 0 Å². The number of rotatable bonds is 6. The van der Waals surface area contributed by atoms with Gasteiger partial charge in [0.05, 0.1) is 59.1 Å². The van der Waals surface area contributed by atoms with Crippen molar-refractivity contribution in [2.45, 2.75) is 24.4 Å². The van der Waals surface area contributed by atoms with Crippen molar-refractivity contribution >= 4 is 61.3 Å². The molecule has 3 unspecified atom stereocenters. The Balaban J connectivity index is 1.66. The van der Waals surface area contributed by atoms with Crippen molar-refractivity contribution in [3.05, 3.63) is 53.6 Å². The summed E-state index contributed by atoms with van der Waals surface area (Å²) in [4.78, 5) is 31.2. The second kappa shape index (κ2) is 9.67. The first kappa shape index (κ1) is 27.2. The van der Waals surface area contributed by atoms with Gasteiger partial charge in [0.15, 0.2) is 12.0 Å². The lowest BCUT2D eigenvalue weighted by molar-refractivity contribution is -0.0755. The van der Waals surface area contributed by atoms with Gasteiger partial charge in [0, 0.05) is 39.8 Å². The summed E-state index contributed by atoms with van der Waals surface area (Å²) in [7, 11) is 0. The summed E-state index contributed by atoms with van der Waals surface area (Å²) in [5.74, 6) is -1.71. The van der Waals surface area contributed by atoms with Crippen LogP contribution in [0.1, 0.15) is 20.7 Å². The fraction of sp³-hybridized carbons (Fsp3) is 0.241. The second-order valence-corrected chi connectivity index (χ2v) is 10.6. The molecular weight excluding hydrogens is 564 g/mol. The molecule has 2 amide bonds. The van der Waals surface area contributed by atoms with Crippen molar-refractivity contribution in [2.75, 3.05) is 19.8 Å². The number of nitrogens with one attached hydrogen (secondary N) is 2. The van der Waals surface area contributed by atoms with E-state index in [1.54, 1.807) is 12.1 Å². The minimum atomic E-state index is -1.44. The van der Waals surface area contributed by atoms with E-state index in [-0.39, 0.29) is 33.9 Å². The number of ether oxygens (including phenoxy) is 1. The highest BCUT2D eigenvalue weighted by molar-refractivity contribution is 6.39. The van der Waals surface area contributed by atoms with Crippen LogP contribution in [-0.2, 0) is 4.74 Å². The van der Waals surface area contributed by atoms with Crippen LogP contribution in [0.15, 0.2) is 42.5 Å². The normalized spacial score (nSPS) is 20.7. The van der Waals surface area contributed by atoms with Crippen molar-refractivity contribution in [3.8, 4) is 11.5 Å². The lowest BCUT2D eigenvalue weighted by atomic mass is 9.96. The van der Waals surface area contributed by atoms with Gasteiger partial charge in [-0.05, 0) is 24.3 Å². The highest BCUT2D eigenvalue weighted by Gasteiger charge is 2.43. The number of phenols is 2. The van der Waals surface area contributed by atoms with Gasteiger partial charge in [-0.15, -0.1) is 0 Å². The van der Waals surface area contributed by atoms with E-state index in [1.165, 1.54) is 34.9 Å². The number of aliphatic hydroxyl groups is 5. The topological polar surface area (TPSA) is 221 Å². The van der Waals surface area contributed by atoms with Crippen LogP contribution in [-0.4, -0.2) is 106 Å². The van der Waals surface area contributed by atoms with Crippen molar-refractivity contribution in [2.24, 2.45) is 0 Å². The molecule has 222 valence electrons. The summed E-state index contributed by atoms with van der Waals surface area (Å²) in [6.45, 7) is -1.75. The van der Waals surface area contributed by atoms with E-state index in [1.807, 2.05) is 0 Å². The van der Waals surface area contributed by atoms with Crippen molar-refractivity contribution in [3.63, 3.8) is 0 Å². The van der Waals surface area contributed by atoms with Gasteiger partial charge >= 0.3 is 0 Å². The van der Waals surface area contributed by atoms with E-state index in [0.717, 1.165) is 5.01 Å². The summed E-state index contributed by atoms with van der Waals surface area (Å²) in [6, 6.07) is 7.82. The van der Waals surface area contributed by atoms with Gasteiger partial charge < -0.3 is 45.5 Å². The number of aromatic nitrogens is 2. The molecule has 2 aliphatic rings. The molecule has 5 aromatic rings. The molecule has 0 fully saturated rings. The number of hydrogen-bond acceptors (Lipinski definition) is 11. The quantitative estimate of drug-likeness (QED) is 0.122. The van der Waals surface area contributed by atoms with Crippen LogP contribution in [0.25, 0.3) is 49.5 Å². The monoisotopic (exact) mass is 590 g/mol. The summed E-state index contributed by atoms with van der Waals surface area (Å²) in [5.41, 5.74) is 4.03. The number of phenolic OH excluding ortho intramolecular Hbond substituents is 2. The summed E-state index contributed by atoms with van der Waals surface area (Å²) in [5, 5.41) is 73.1. The summed E-state index contributed by atoms with van der Waals surface area (Å²) < 4.78 is 7.44. The van der Waals surface area contributed by atoms with Gasteiger partial charge in [-0.1, -0.05) is 0 Å². The third-order valence-electron chi connectivity index (χ3n) is 8.02. The number of aromatic hydroxyl groups is 2. The number of aliphatic hydroxyl groups excluding tert-OH is 5. The molecular formula is C29H26N4O10. The lowest BCUT2D eigenvalue weighted by Crippen LogP contribution is -2.50. The molecule has 3 atom stereocenters. The van der Waals surface area contributed by atoms with E-state index in [9.17, 15) is 45.3 Å². The van der Waals surface area contributed by atoms with Gasteiger partial charge in [-0.3, -0.25) is 14.2 Å². The minimum absolute atomic E-state index is 0.00579. The molecule has 2 aromatic heterocycles. The first-order valence-electron chi connectivity index (χ1n) is 13.4. The number of fused-ring (bicyclic) bond motifs is 10. The van der Waals surface area contributed by atoms with Crippen LogP contribution in [0.4, 0.5) is 0 Å². The Labute approximate surface area is 240 Å². The maximum Gasteiger partial charge on any atom is 0.276 e. The molecule has 14 nitrogen and oxygen atoms in total. The van der Waals surface area contributed by atoms with E-state index >= 15 is 0 Å². The number of hydrazine groups is 1. The van der Waals surface area contributed by atoms with Crippen molar-refractivity contribution in [1.82, 2.24) is 20.0 Å². The minimum Gasteiger partial charge on any atom is -0.508 e. The number of imide groups is 1. The van der Waals surface area contributed by atoms with Gasteiger partial charge in [0.25, 0.3) is 11.8 Å². The SMILES string of the molecule is O=C1c2c(c3c4ccc(O)cc4n(C4=CC(O)C(O)C(CO)O4)c3c3[nH]c4cc(O)ccc4c23)C(=O)N1NC(CO)CO. The molecule has 0 spiro atoms. The molecule has 2 aliphatic heterocycles. The Morgan fingerprint density at radius 2 is 1.56 bits per heavy atom. The zero-order valence-electron chi connectivity index (χ0n) is 22.2. The van der Waals surface area contributed by atoms with Crippen LogP contribution in [0.3, 0.4) is 0 Å². The number of carbonyl (C=O) groups is 2. The van der Waals surface area contributed by atoms with Crippen LogP contribution < -0.4 is 5.43 Å². The first-order valence-corrected chi connectivity index (χ1v) is 13.4. The molecule has 4 heterocycles. The second-order valence-electron chi connectivity index (χ2n) is 10.6. The number of nitrogens with zero attached hydrogens (tertiary/aromatic N) is 2. The highest BCUT2D eigenvalue weighted by atomic mass is 16.5. The molecule has 3 aromatic carbocycles. The molecule has 9 N–H and O–H groups in total. The first-order chi connectivity index (χ1) is 20.7. The Hall–Kier alpha value is -4.70. The highest BCUT2D eigenvalue weighted by Crippen LogP contribution is 2.47. The maximum atomic E-state index is 14.1. The van der Waals surface area contributed by atoms with E-state index in [4.69, 9.17) is 4.74 Å². The van der Waals surface area contributed by atoms with E-state index in [2.05, 4.69) is 10.4 Å². The Kier molecular flexibility index (Phi) is 6.10. The standard InChI is InChI=1S/C29H26N4O10/c34-8-11(9-35)31-33-28(41)23-21-14-3-1-12(37)5-16(14)30-25(21)26-22(24(23)29(33)42)15-4-2-13(38)6-17(15)32(26)20-7-18(39)27(40)19(10-36)43-20/h1-7,11,18-19,27,30-31,34-40H,8-10H2. The predicted octanol–water partition coefficient (Wildman–Crippen LogP) is 0.205. The van der Waals surface area contributed by atoms with E-state index < -0.39 is 56.0 Å². The Morgan fingerprint density at radius 3 is 2.23 bits per heavy atom. The zero-order valence-corrected chi connectivity index (χ0v) is 22.2. The van der Waals surface area contributed by atoms with E-state index in [0.29, 0.717) is 38.2 Å². The predicted molar refractivity (Wildman–Crippen MR) is 152 cm³/mol. The third kappa shape index (κ3) is 3.75. The fourth-order valence-corrected chi connectivity index (χ4v) is 6.05. The summed E-state index contributed by atoms with van der Waals surface area (Å²) >= 11 is 0. The third-order valence-corrected chi connectivity index (χ3v) is 8.02. The number of carbonyl (C=O) groups excluding carboxylic acids is 2.